The second kappa shape index (κ2) is 10.1. The number of non-ortho nitro benzene ring substituents is 1. The lowest BCUT2D eigenvalue weighted by atomic mass is 9.77. The van der Waals surface area contributed by atoms with E-state index in [1.165, 1.54) is 18.5 Å². The number of carboxylic acid groups (broad SMARTS) is 1. The van der Waals surface area contributed by atoms with E-state index in [0.29, 0.717) is 16.6 Å². The molecular weight excluding hydrogens is 611 g/mol. The third-order valence-corrected chi connectivity index (χ3v) is 8.74. The fourth-order valence-corrected chi connectivity index (χ4v) is 6.56. The summed E-state index contributed by atoms with van der Waals surface area (Å²) in [5.74, 6) is -3.26. The summed E-state index contributed by atoms with van der Waals surface area (Å²) in [5.41, 5.74) is -0.496. The Labute approximate surface area is 254 Å². The summed E-state index contributed by atoms with van der Waals surface area (Å²) >= 11 is 19.0. The third-order valence-electron chi connectivity index (χ3n) is 7.70. The summed E-state index contributed by atoms with van der Waals surface area (Å²) < 4.78 is 21.5. The monoisotopic (exact) mass is 632 g/mol. The largest absolute Gasteiger partial charge is 0.478 e. The first-order chi connectivity index (χ1) is 19.8. The number of hydrogen-bond donors (Lipinski definition) is 1. The van der Waals surface area contributed by atoms with Crippen molar-refractivity contribution in [2.24, 2.45) is 0 Å². The zero-order valence-electron chi connectivity index (χ0n) is 22.3. The summed E-state index contributed by atoms with van der Waals surface area (Å²) in [6.07, 6.45) is 0.601. The van der Waals surface area contributed by atoms with Gasteiger partial charge >= 0.3 is 5.97 Å². The van der Waals surface area contributed by atoms with E-state index < -0.39 is 46.6 Å². The number of rotatable bonds is 6. The van der Waals surface area contributed by atoms with Crippen LogP contribution in [0.5, 0.6) is 0 Å². The molecule has 0 aliphatic carbocycles. The predicted octanol–water partition coefficient (Wildman–Crippen LogP) is 6.64. The average Bonchev–Trinajstić information content (AvgIpc) is 3.54. The van der Waals surface area contributed by atoms with Crippen LogP contribution in [0.25, 0.3) is 11.0 Å². The molecule has 0 radical (unpaired) electrons. The lowest BCUT2D eigenvalue weighted by molar-refractivity contribution is -0.384. The molecule has 4 heterocycles. The highest BCUT2D eigenvalue weighted by Gasteiger charge is 2.66. The molecule has 1 N–H and O–H groups in total. The molecule has 2 aliphatic rings. The molecule has 218 valence electrons. The molecule has 0 amide bonds. The van der Waals surface area contributed by atoms with Crippen molar-refractivity contribution in [3.05, 3.63) is 97.0 Å². The molecule has 6 rings (SSSR count). The number of aromatic nitrogens is 3. The second-order valence-electron chi connectivity index (χ2n) is 10.8. The van der Waals surface area contributed by atoms with Crippen LogP contribution in [-0.4, -0.2) is 54.1 Å². The minimum absolute atomic E-state index is 0.136. The maximum absolute atomic E-state index is 12.5. The predicted molar refractivity (Wildman–Crippen MR) is 153 cm³/mol. The number of fused-ring (bicyclic) bond motifs is 2. The Bertz CT molecular complexity index is 1760. The Morgan fingerprint density at radius 1 is 1.10 bits per heavy atom. The number of benzene rings is 2. The lowest BCUT2D eigenvalue weighted by Crippen LogP contribution is -2.46. The highest BCUT2D eigenvalue weighted by molar-refractivity contribution is 6.42. The molecule has 0 saturated carbocycles. The molecule has 2 aromatic carbocycles. The van der Waals surface area contributed by atoms with Gasteiger partial charge in [-0.2, -0.15) is 0 Å². The Kier molecular flexibility index (Phi) is 6.95. The van der Waals surface area contributed by atoms with Crippen LogP contribution in [0.15, 0.2) is 55.0 Å². The van der Waals surface area contributed by atoms with E-state index in [2.05, 4.69) is 9.97 Å². The number of halogens is 3. The van der Waals surface area contributed by atoms with E-state index in [0.717, 1.165) is 6.07 Å². The number of carbonyl (C=O) groups is 1. The van der Waals surface area contributed by atoms with E-state index in [9.17, 15) is 20.0 Å². The number of nitrogens with zero attached hydrogens (tertiary/aromatic N) is 4. The van der Waals surface area contributed by atoms with E-state index >= 15 is 0 Å². The summed E-state index contributed by atoms with van der Waals surface area (Å²) in [6, 6.07) is 10.2. The Morgan fingerprint density at radius 2 is 1.86 bits per heavy atom. The average molecular weight is 634 g/mol. The van der Waals surface area contributed by atoms with Crippen molar-refractivity contribution in [3.63, 3.8) is 0 Å². The van der Waals surface area contributed by atoms with Gasteiger partial charge < -0.3 is 23.9 Å². The molecule has 14 heteroatoms. The van der Waals surface area contributed by atoms with Gasteiger partial charge in [0, 0.05) is 24.2 Å². The fourth-order valence-electron chi connectivity index (χ4n) is 6.06. The first-order valence-electron chi connectivity index (χ1n) is 12.8. The summed E-state index contributed by atoms with van der Waals surface area (Å²) in [5, 5.41) is 23.3. The van der Waals surface area contributed by atoms with Crippen LogP contribution in [0.1, 0.15) is 54.4 Å². The topological polar surface area (TPSA) is 139 Å². The van der Waals surface area contributed by atoms with Crippen LogP contribution < -0.4 is 0 Å². The van der Waals surface area contributed by atoms with Crippen LogP contribution in [0, 0.1) is 10.1 Å². The fraction of sp³-hybridized carbons (Fsp3) is 0.321. The van der Waals surface area contributed by atoms with Gasteiger partial charge in [0.15, 0.2) is 12.0 Å². The number of hydrogen-bond acceptors (Lipinski definition) is 8. The van der Waals surface area contributed by atoms with Crippen LogP contribution >= 0.6 is 34.8 Å². The minimum Gasteiger partial charge on any atom is -0.478 e. The van der Waals surface area contributed by atoms with Crippen molar-refractivity contribution in [2.45, 2.75) is 56.5 Å². The van der Waals surface area contributed by atoms with Crippen molar-refractivity contribution < 1.29 is 29.0 Å². The van der Waals surface area contributed by atoms with Crippen LogP contribution in [0.4, 0.5) is 5.69 Å². The molecule has 0 bridgehead atoms. The highest BCUT2D eigenvalue weighted by Crippen LogP contribution is 2.56. The first-order valence-corrected chi connectivity index (χ1v) is 13.9. The Hall–Kier alpha value is -3.32. The van der Waals surface area contributed by atoms with Gasteiger partial charge in [-0.05, 0) is 56.2 Å². The van der Waals surface area contributed by atoms with Crippen LogP contribution in [0.2, 0.25) is 15.2 Å². The molecule has 2 fully saturated rings. The van der Waals surface area contributed by atoms with Crippen molar-refractivity contribution in [3.8, 4) is 0 Å². The number of aromatic carboxylic acids is 1. The Balaban J connectivity index is 1.59. The lowest BCUT2D eigenvalue weighted by Gasteiger charge is -2.35. The maximum atomic E-state index is 12.5. The van der Waals surface area contributed by atoms with E-state index in [1.54, 1.807) is 48.9 Å². The van der Waals surface area contributed by atoms with Gasteiger partial charge in [-0.3, -0.25) is 10.1 Å². The van der Waals surface area contributed by atoms with Gasteiger partial charge in [-0.1, -0.05) is 40.9 Å². The second-order valence-corrected chi connectivity index (χ2v) is 12.0. The van der Waals surface area contributed by atoms with Gasteiger partial charge in [0.1, 0.15) is 34.9 Å². The minimum atomic E-state index is -1.27. The van der Waals surface area contributed by atoms with Gasteiger partial charge in [0.2, 0.25) is 0 Å². The first kappa shape index (κ1) is 28.8. The number of nitro benzene ring substituents is 1. The highest BCUT2D eigenvalue weighted by atomic mass is 35.5. The molecule has 2 unspecified atom stereocenters. The van der Waals surface area contributed by atoms with Crippen molar-refractivity contribution in [2.75, 3.05) is 0 Å². The molecular formula is C28H23Cl3N4O7. The van der Waals surface area contributed by atoms with E-state index in [1.807, 2.05) is 6.92 Å². The number of ether oxygens (including phenoxy) is 3. The normalized spacial score (nSPS) is 25.4. The van der Waals surface area contributed by atoms with Gasteiger partial charge in [-0.25, -0.2) is 14.8 Å². The van der Waals surface area contributed by atoms with Gasteiger partial charge in [0.25, 0.3) is 5.69 Å². The molecule has 2 saturated heterocycles. The van der Waals surface area contributed by atoms with Crippen LogP contribution in [-0.2, 0) is 14.2 Å². The third kappa shape index (κ3) is 4.61. The SMILES string of the molecule is CC1(C)OC2[C@H](n3ccc4c(Cl)ncnc43)OC([C@@H](c3ccc(Cl)c(Cl)c3)c3cc([N+](=O)[O-])ccc3C(=O)O)[C@@]2(C)O1. The number of nitro groups is 1. The quantitative estimate of drug-likeness (QED) is 0.141. The maximum Gasteiger partial charge on any atom is 0.335 e. The van der Waals surface area contributed by atoms with E-state index in [-0.39, 0.29) is 32.0 Å². The Morgan fingerprint density at radius 3 is 2.55 bits per heavy atom. The molecule has 11 nitrogen and oxygen atoms in total. The number of carboxylic acids is 1. The van der Waals surface area contributed by atoms with Crippen molar-refractivity contribution in [1.29, 1.82) is 0 Å². The molecule has 2 aliphatic heterocycles. The zero-order chi connectivity index (χ0) is 30.1. The van der Waals surface area contributed by atoms with E-state index in [4.69, 9.17) is 49.0 Å². The smallest absolute Gasteiger partial charge is 0.335 e. The van der Waals surface area contributed by atoms with Crippen LogP contribution in [0.3, 0.4) is 0 Å². The molecule has 42 heavy (non-hydrogen) atoms. The standard InChI is InChI=1S/C28H23Cl3N4O7/c1-27(2)41-22-25(34-9-8-16-23(31)32-12-33-24(16)34)40-21(28(22,3)42-27)20(13-4-7-18(29)19(30)10-13)17-11-14(35(38)39)5-6-15(17)26(36)37/h4-12,20-22,25H,1-3H3,(H,36,37)/t20-,21?,22?,25+,28+/m0/s1. The molecule has 0 spiro atoms. The van der Waals surface area contributed by atoms with Gasteiger partial charge in [0.05, 0.1) is 25.9 Å². The summed E-state index contributed by atoms with van der Waals surface area (Å²) in [7, 11) is 0. The van der Waals surface area contributed by atoms with Gasteiger partial charge in [-0.15, -0.1) is 0 Å². The molecule has 4 aromatic rings. The van der Waals surface area contributed by atoms with Crippen molar-refractivity contribution >= 4 is 57.5 Å². The molecule has 5 atom stereocenters. The molecule has 2 aromatic heterocycles. The summed E-state index contributed by atoms with van der Waals surface area (Å²) in [4.78, 5) is 32.2. The zero-order valence-corrected chi connectivity index (χ0v) is 24.6. The summed E-state index contributed by atoms with van der Waals surface area (Å²) in [6.45, 7) is 5.34. The van der Waals surface area contributed by atoms with Crippen molar-refractivity contribution in [1.82, 2.24) is 14.5 Å².